The Bertz CT molecular complexity index is 857. The third-order valence-electron chi connectivity index (χ3n) is 4.22. The number of hydrogen-bond donors (Lipinski definition) is 2. The quantitative estimate of drug-likeness (QED) is 0.847. The van der Waals surface area contributed by atoms with E-state index in [1.807, 2.05) is 0 Å². The molecule has 2 aromatic rings. The fourth-order valence-corrected chi connectivity index (χ4v) is 2.89. The number of carbonyl (C=O) groups is 2. The summed E-state index contributed by atoms with van der Waals surface area (Å²) in [6.45, 7) is 0.969. The first-order valence-electron chi connectivity index (χ1n) is 8.15. The predicted molar refractivity (Wildman–Crippen MR) is 87.7 cm³/mol. The molecule has 0 saturated carbocycles. The highest BCUT2D eigenvalue weighted by Crippen LogP contribution is 2.34. The van der Waals surface area contributed by atoms with Gasteiger partial charge in [0.25, 0.3) is 0 Å². The number of carbonyl (C=O) groups excluding carboxylic acids is 1. The van der Waals surface area contributed by atoms with Gasteiger partial charge in [-0.3, -0.25) is 4.79 Å². The maximum absolute atomic E-state index is 13.3. The zero-order valence-electron chi connectivity index (χ0n) is 14.0. The van der Waals surface area contributed by atoms with Crippen molar-refractivity contribution in [3.63, 3.8) is 0 Å². The van der Waals surface area contributed by atoms with Crippen LogP contribution in [0, 0.1) is 5.92 Å². The third-order valence-corrected chi connectivity index (χ3v) is 4.22. The highest BCUT2D eigenvalue weighted by Gasteiger charge is 2.40. The number of aromatic carboxylic acids is 1. The second-order valence-corrected chi connectivity index (χ2v) is 6.05. The van der Waals surface area contributed by atoms with Crippen LogP contribution in [-0.2, 0) is 15.7 Å². The van der Waals surface area contributed by atoms with Gasteiger partial charge in [0.15, 0.2) is 5.69 Å². The van der Waals surface area contributed by atoms with E-state index >= 15 is 0 Å². The fraction of sp³-hybridized carbons (Fsp3) is 0.353. The lowest BCUT2D eigenvalue weighted by Crippen LogP contribution is -2.28. The molecule has 27 heavy (non-hydrogen) atoms. The fourth-order valence-electron chi connectivity index (χ4n) is 2.89. The standard InChI is InChI=1S/C17H16F3N3O4/c18-17(19,20)14-13(16(25)26)9-21-23(14)12-3-1-2-11(8-12)22-15(24)10-4-6-27-7-5-10/h1-3,8-10H,4-7H2,(H,22,24)(H,25,26). The zero-order chi connectivity index (χ0) is 19.6. The van der Waals surface area contributed by atoms with Crippen molar-refractivity contribution in [3.05, 3.63) is 41.7 Å². The molecular weight excluding hydrogens is 367 g/mol. The summed E-state index contributed by atoms with van der Waals surface area (Å²) in [5.41, 5.74) is -2.05. The van der Waals surface area contributed by atoms with Gasteiger partial charge < -0.3 is 15.2 Å². The lowest BCUT2D eigenvalue weighted by Gasteiger charge is -2.21. The molecule has 2 N–H and O–H groups in total. The number of carboxylic acid groups (broad SMARTS) is 1. The number of amides is 1. The summed E-state index contributed by atoms with van der Waals surface area (Å²) in [6.07, 6.45) is -3.11. The third kappa shape index (κ3) is 4.11. The Labute approximate surface area is 151 Å². The molecule has 0 atom stereocenters. The van der Waals surface area contributed by atoms with E-state index in [1.54, 1.807) is 0 Å². The van der Waals surface area contributed by atoms with Crippen molar-refractivity contribution in [1.29, 1.82) is 0 Å². The summed E-state index contributed by atoms with van der Waals surface area (Å²) < 4.78 is 45.7. The van der Waals surface area contributed by atoms with Crippen LogP contribution in [0.1, 0.15) is 28.9 Å². The lowest BCUT2D eigenvalue weighted by molar-refractivity contribution is -0.143. The summed E-state index contributed by atoms with van der Waals surface area (Å²) in [4.78, 5) is 23.4. The zero-order valence-corrected chi connectivity index (χ0v) is 14.0. The normalized spacial score (nSPS) is 15.5. The molecule has 1 amide bonds. The smallest absolute Gasteiger partial charge is 0.434 e. The largest absolute Gasteiger partial charge is 0.478 e. The molecule has 2 heterocycles. The average Bonchev–Trinajstić information content (AvgIpc) is 3.08. The van der Waals surface area contributed by atoms with Crippen LogP contribution < -0.4 is 5.32 Å². The van der Waals surface area contributed by atoms with Gasteiger partial charge in [0, 0.05) is 24.8 Å². The topological polar surface area (TPSA) is 93.5 Å². The number of aromatic nitrogens is 2. The first kappa shape index (κ1) is 18.9. The molecule has 1 aliphatic rings. The van der Waals surface area contributed by atoms with Gasteiger partial charge in [-0.15, -0.1) is 0 Å². The SMILES string of the molecule is O=C(O)c1cnn(-c2cccc(NC(=O)C3CCOCC3)c2)c1C(F)(F)F. The first-order chi connectivity index (χ1) is 12.8. The molecule has 144 valence electrons. The molecule has 0 radical (unpaired) electrons. The number of anilines is 1. The monoisotopic (exact) mass is 383 g/mol. The number of nitrogens with one attached hydrogen (secondary N) is 1. The van der Waals surface area contributed by atoms with Crippen LogP contribution in [0.25, 0.3) is 5.69 Å². The number of alkyl halides is 3. The van der Waals surface area contributed by atoms with E-state index in [4.69, 9.17) is 9.84 Å². The number of nitrogens with zero attached hydrogens (tertiary/aromatic N) is 2. The molecule has 1 saturated heterocycles. The molecule has 0 bridgehead atoms. The van der Waals surface area contributed by atoms with Crippen LogP contribution >= 0.6 is 0 Å². The predicted octanol–water partition coefficient (Wildman–Crippen LogP) is 2.95. The Balaban J connectivity index is 1.90. The Kier molecular flexibility index (Phi) is 5.17. The molecule has 1 aliphatic heterocycles. The van der Waals surface area contributed by atoms with Crippen LogP contribution in [0.3, 0.4) is 0 Å². The summed E-state index contributed by atoms with van der Waals surface area (Å²) >= 11 is 0. The molecule has 1 fully saturated rings. The molecule has 0 aliphatic carbocycles. The average molecular weight is 383 g/mol. The van der Waals surface area contributed by atoms with Gasteiger partial charge in [-0.05, 0) is 31.0 Å². The van der Waals surface area contributed by atoms with Crippen molar-refractivity contribution in [3.8, 4) is 5.69 Å². The molecule has 10 heteroatoms. The van der Waals surface area contributed by atoms with E-state index in [0.29, 0.717) is 42.6 Å². The summed E-state index contributed by atoms with van der Waals surface area (Å²) in [5.74, 6) is -2.19. The minimum absolute atomic E-state index is 0.0143. The highest BCUT2D eigenvalue weighted by atomic mass is 19.4. The van der Waals surface area contributed by atoms with E-state index in [0.717, 1.165) is 0 Å². The molecule has 3 rings (SSSR count). The molecule has 0 unspecified atom stereocenters. The number of ether oxygens (including phenoxy) is 1. The maximum Gasteiger partial charge on any atom is 0.434 e. The molecule has 7 nitrogen and oxygen atoms in total. The second-order valence-electron chi connectivity index (χ2n) is 6.05. The van der Waals surface area contributed by atoms with E-state index in [2.05, 4.69) is 10.4 Å². The Morgan fingerprint density at radius 2 is 1.96 bits per heavy atom. The maximum atomic E-state index is 13.3. The van der Waals surface area contributed by atoms with Gasteiger partial charge in [0.05, 0.1) is 11.9 Å². The van der Waals surface area contributed by atoms with E-state index in [-0.39, 0.29) is 17.5 Å². The molecular formula is C17H16F3N3O4. The Hall–Kier alpha value is -2.88. The first-order valence-corrected chi connectivity index (χ1v) is 8.15. The van der Waals surface area contributed by atoms with Crippen molar-refractivity contribution >= 4 is 17.6 Å². The van der Waals surface area contributed by atoms with Crippen molar-refractivity contribution in [2.75, 3.05) is 18.5 Å². The van der Waals surface area contributed by atoms with Gasteiger partial charge in [0.2, 0.25) is 5.91 Å². The molecule has 0 spiro atoms. The van der Waals surface area contributed by atoms with Crippen LogP contribution in [0.15, 0.2) is 30.5 Å². The van der Waals surface area contributed by atoms with Crippen molar-refractivity contribution in [2.45, 2.75) is 19.0 Å². The second kappa shape index (κ2) is 7.39. The van der Waals surface area contributed by atoms with Gasteiger partial charge in [-0.1, -0.05) is 6.07 Å². The number of rotatable bonds is 4. The van der Waals surface area contributed by atoms with Crippen molar-refractivity contribution < 1.29 is 32.6 Å². The Morgan fingerprint density at radius 1 is 1.26 bits per heavy atom. The van der Waals surface area contributed by atoms with Crippen LogP contribution in [-0.4, -0.2) is 40.0 Å². The van der Waals surface area contributed by atoms with Gasteiger partial charge >= 0.3 is 12.1 Å². The van der Waals surface area contributed by atoms with Crippen molar-refractivity contribution in [2.24, 2.45) is 5.92 Å². The van der Waals surface area contributed by atoms with E-state index < -0.39 is 23.4 Å². The highest BCUT2D eigenvalue weighted by molar-refractivity contribution is 5.93. The van der Waals surface area contributed by atoms with E-state index in [9.17, 15) is 22.8 Å². The molecule has 1 aromatic heterocycles. The van der Waals surface area contributed by atoms with Crippen LogP contribution in [0.5, 0.6) is 0 Å². The van der Waals surface area contributed by atoms with Crippen molar-refractivity contribution in [1.82, 2.24) is 9.78 Å². The number of halogens is 3. The number of carboxylic acids is 1. The molecule has 1 aromatic carbocycles. The minimum Gasteiger partial charge on any atom is -0.478 e. The van der Waals surface area contributed by atoms with Gasteiger partial charge in [0.1, 0.15) is 5.56 Å². The Morgan fingerprint density at radius 3 is 2.59 bits per heavy atom. The number of benzene rings is 1. The van der Waals surface area contributed by atoms with Gasteiger partial charge in [-0.25, -0.2) is 9.48 Å². The van der Waals surface area contributed by atoms with E-state index in [1.165, 1.54) is 24.3 Å². The summed E-state index contributed by atoms with van der Waals surface area (Å²) in [6, 6.07) is 5.65. The van der Waals surface area contributed by atoms with Crippen LogP contribution in [0.4, 0.5) is 18.9 Å². The van der Waals surface area contributed by atoms with Crippen LogP contribution in [0.2, 0.25) is 0 Å². The lowest BCUT2D eigenvalue weighted by atomic mass is 9.99. The summed E-state index contributed by atoms with van der Waals surface area (Å²) in [5, 5.41) is 15.2. The van der Waals surface area contributed by atoms with Gasteiger partial charge in [-0.2, -0.15) is 18.3 Å². The number of hydrogen-bond acceptors (Lipinski definition) is 4. The summed E-state index contributed by atoms with van der Waals surface area (Å²) in [7, 11) is 0. The minimum atomic E-state index is -4.91.